The summed E-state index contributed by atoms with van der Waals surface area (Å²) >= 11 is 0. The molecule has 0 saturated carbocycles. The lowest BCUT2D eigenvalue weighted by atomic mass is 10.1. The Morgan fingerprint density at radius 1 is 1.14 bits per heavy atom. The van der Waals surface area contributed by atoms with Crippen LogP contribution in [-0.2, 0) is 4.79 Å². The van der Waals surface area contributed by atoms with E-state index < -0.39 is 0 Å². The zero-order valence-electron chi connectivity index (χ0n) is 11.9. The Hall–Kier alpha value is -2.18. The van der Waals surface area contributed by atoms with Gasteiger partial charge in [0.1, 0.15) is 17.8 Å². The largest absolute Gasteiger partial charge is 0.357 e. The van der Waals surface area contributed by atoms with Crippen molar-refractivity contribution < 1.29 is 9.59 Å². The second-order valence-corrected chi connectivity index (χ2v) is 5.39. The average Bonchev–Trinajstić information content (AvgIpc) is 2.55. The van der Waals surface area contributed by atoms with Crippen LogP contribution in [0.3, 0.4) is 0 Å². The van der Waals surface area contributed by atoms with Crippen molar-refractivity contribution in [2.75, 3.05) is 37.6 Å². The van der Waals surface area contributed by atoms with Crippen LogP contribution < -0.4 is 10.2 Å². The molecular weight excluding hydrogens is 270 g/mol. The highest BCUT2D eigenvalue weighted by Crippen LogP contribution is 2.18. The van der Waals surface area contributed by atoms with E-state index in [9.17, 15) is 9.59 Å². The molecule has 112 valence electrons. The molecule has 0 unspecified atom stereocenters. The number of hydrogen-bond acceptors (Lipinski definition) is 5. The van der Waals surface area contributed by atoms with Crippen LogP contribution in [0.5, 0.6) is 0 Å². The van der Waals surface area contributed by atoms with E-state index in [0.29, 0.717) is 18.8 Å². The van der Waals surface area contributed by atoms with Crippen molar-refractivity contribution in [3.63, 3.8) is 0 Å². The molecule has 2 amide bonds. The van der Waals surface area contributed by atoms with Crippen molar-refractivity contribution in [3.05, 3.63) is 18.1 Å². The van der Waals surface area contributed by atoms with E-state index in [1.54, 1.807) is 6.07 Å². The Balaban J connectivity index is 1.75. The molecule has 2 aliphatic rings. The van der Waals surface area contributed by atoms with Crippen molar-refractivity contribution in [1.82, 2.24) is 20.2 Å². The van der Waals surface area contributed by atoms with Crippen LogP contribution in [0, 0.1) is 0 Å². The van der Waals surface area contributed by atoms with Crippen LogP contribution >= 0.6 is 0 Å². The van der Waals surface area contributed by atoms with Gasteiger partial charge in [0.05, 0.1) is 6.54 Å². The van der Waals surface area contributed by atoms with Crippen molar-refractivity contribution in [1.29, 1.82) is 0 Å². The van der Waals surface area contributed by atoms with Gasteiger partial charge in [0.25, 0.3) is 5.91 Å². The molecule has 3 heterocycles. The second kappa shape index (κ2) is 6.07. The van der Waals surface area contributed by atoms with Gasteiger partial charge in [-0.15, -0.1) is 0 Å². The lowest BCUT2D eigenvalue weighted by Gasteiger charge is -2.28. The highest BCUT2D eigenvalue weighted by Gasteiger charge is 2.24. The topological polar surface area (TPSA) is 78.4 Å². The van der Waals surface area contributed by atoms with E-state index in [-0.39, 0.29) is 18.4 Å². The Morgan fingerprint density at radius 2 is 1.95 bits per heavy atom. The summed E-state index contributed by atoms with van der Waals surface area (Å²) < 4.78 is 0. The molecule has 0 radical (unpaired) electrons. The number of aromatic nitrogens is 2. The van der Waals surface area contributed by atoms with Crippen molar-refractivity contribution in [2.45, 2.75) is 19.3 Å². The number of rotatable bonds is 2. The second-order valence-electron chi connectivity index (χ2n) is 5.39. The van der Waals surface area contributed by atoms with Gasteiger partial charge in [0.2, 0.25) is 5.91 Å². The molecule has 7 heteroatoms. The molecule has 1 aromatic heterocycles. The highest BCUT2D eigenvalue weighted by atomic mass is 16.2. The van der Waals surface area contributed by atoms with Gasteiger partial charge in [-0.2, -0.15) is 0 Å². The van der Waals surface area contributed by atoms with Crippen LogP contribution in [0.2, 0.25) is 0 Å². The normalized spacial score (nSPS) is 19.3. The van der Waals surface area contributed by atoms with Gasteiger partial charge >= 0.3 is 0 Å². The zero-order chi connectivity index (χ0) is 14.7. The Kier molecular flexibility index (Phi) is 3.98. The average molecular weight is 289 g/mol. The first-order chi connectivity index (χ1) is 10.2. The predicted octanol–water partition coefficient (Wildman–Crippen LogP) is 0.0389. The minimum atomic E-state index is -0.203. The summed E-state index contributed by atoms with van der Waals surface area (Å²) in [4.78, 5) is 35.9. The van der Waals surface area contributed by atoms with E-state index in [1.165, 1.54) is 17.6 Å². The number of carbonyl (C=O) groups is 2. The first kappa shape index (κ1) is 13.8. The molecule has 21 heavy (non-hydrogen) atoms. The van der Waals surface area contributed by atoms with Crippen molar-refractivity contribution >= 4 is 17.6 Å². The van der Waals surface area contributed by atoms with E-state index in [1.807, 2.05) is 0 Å². The van der Waals surface area contributed by atoms with Crippen LogP contribution in [-0.4, -0.2) is 59.4 Å². The van der Waals surface area contributed by atoms with E-state index in [0.717, 1.165) is 31.7 Å². The summed E-state index contributed by atoms with van der Waals surface area (Å²) in [6.07, 6.45) is 4.98. The molecule has 7 nitrogen and oxygen atoms in total. The minimum Gasteiger partial charge on any atom is -0.357 e. The Labute approximate surface area is 123 Å². The first-order valence-corrected chi connectivity index (χ1v) is 7.37. The number of amides is 2. The fourth-order valence-corrected chi connectivity index (χ4v) is 2.73. The monoisotopic (exact) mass is 289 g/mol. The van der Waals surface area contributed by atoms with Gasteiger partial charge in [0.15, 0.2) is 0 Å². The van der Waals surface area contributed by atoms with E-state index >= 15 is 0 Å². The molecule has 0 bridgehead atoms. The lowest BCUT2D eigenvalue weighted by molar-refractivity contribution is -0.123. The third kappa shape index (κ3) is 3.12. The van der Waals surface area contributed by atoms with Crippen molar-refractivity contribution in [3.8, 4) is 0 Å². The van der Waals surface area contributed by atoms with Crippen LogP contribution in [0.1, 0.15) is 29.8 Å². The first-order valence-electron chi connectivity index (χ1n) is 7.37. The third-order valence-electron chi connectivity index (χ3n) is 3.88. The van der Waals surface area contributed by atoms with Gasteiger partial charge in [-0.3, -0.25) is 9.59 Å². The maximum Gasteiger partial charge on any atom is 0.273 e. The molecule has 3 rings (SSSR count). The molecule has 0 aromatic carbocycles. The predicted molar refractivity (Wildman–Crippen MR) is 77.0 cm³/mol. The smallest absolute Gasteiger partial charge is 0.273 e. The summed E-state index contributed by atoms with van der Waals surface area (Å²) in [6, 6.07) is 1.74. The molecule has 2 saturated heterocycles. The number of piperazine rings is 1. The van der Waals surface area contributed by atoms with Gasteiger partial charge in [0, 0.05) is 32.2 Å². The summed E-state index contributed by atoms with van der Waals surface area (Å²) in [5, 5.41) is 2.71. The molecule has 0 atom stereocenters. The third-order valence-corrected chi connectivity index (χ3v) is 3.88. The molecule has 1 aromatic rings. The number of anilines is 1. The summed E-state index contributed by atoms with van der Waals surface area (Å²) in [7, 11) is 0. The Bertz CT molecular complexity index is 542. The minimum absolute atomic E-state index is 0.0991. The highest BCUT2D eigenvalue weighted by molar-refractivity contribution is 5.96. The number of nitrogens with zero attached hydrogens (tertiary/aromatic N) is 4. The number of piperidine rings is 1. The summed E-state index contributed by atoms with van der Waals surface area (Å²) in [5.74, 6) is 0.472. The molecule has 2 fully saturated rings. The zero-order valence-corrected chi connectivity index (χ0v) is 11.9. The van der Waals surface area contributed by atoms with Crippen LogP contribution in [0.25, 0.3) is 0 Å². The number of hydrogen-bond donors (Lipinski definition) is 1. The molecule has 0 aliphatic carbocycles. The van der Waals surface area contributed by atoms with E-state index in [4.69, 9.17) is 0 Å². The summed E-state index contributed by atoms with van der Waals surface area (Å²) in [5.41, 5.74) is 0.361. The fraction of sp³-hybridized carbons (Fsp3) is 0.571. The maximum absolute atomic E-state index is 12.4. The van der Waals surface area contributed by atoms with Crippen molar-refractivity contribution in [2.24, 2.45) is 0 Å². The molecule has 1 N–H and O–H groups in total. The van der Waals surface area contributed by atoms with Gasteiger partial charge in [-0.1, -0.05) is 0 Å². The van der Waals surface area contributed by atoms with E-state index in [2.05, 4.69) is 20.2 Å². The summed E-state index contributed by atoms with van der Waals surface area (Å²) in [6.45, 7) is 3.05. The van der Waals surface area contributed by atoms with Crippen LogP contribution in [0.15, 0.2) is 12.4 Å². The van der Waals surface area contributed by atoms with Gasteiger partial charge in [-0.05, 0) is 19.3 Å². The standard InChI is InChI=1S/C14H19N5O2/c20-13-9-19(7-4-15-13)14(21)11-8-12(17-10-16-11)18-5-2-1-3-6-18/h8,10H,1-7,9H2,(H,15,20). The van der Waals surface area contributed by atoms with Gasteiger partial charge in [-0.25, -0.2) is 9.97 Å². The molecule has 2 aliphatic heterocycles. The lowest BCUT2D eigenvalue weighted by Crippen LogP contribution is -2.50. The Morgan fingerprint density at radius 3 is 2.71 bits per heavy atom. The molecule has 0 spiro atoms. The quantitative estimate of drug-likeness (QED) is 0.831. The SMILES string of the molecule is O=C1CN(C(=O)c2cc(N3CCCCC3)ncn2)CCN1. The maximum atomic E-state index is 12.4. The number of carbonyl (C=O) groups excluding carboxylic acids is 2. The van der Waals surface area contributed by atoms with Crippen LogP contribution in [0.4, 0.5) is 5.82 Å². The van der Waals surface area contributed by atoms with Gasteiger partial charge < -0.3 is 15.1 Å². The number of nitrogens with one attached hydrogen (secondary N) is 1. The fourth-order valence-electron chi connectivity index (χ4n) is 2.73. The molecular formula is C14H19N5O2.